The van der Waals surface area contributed by atoms with Crippen LogP contribution in [0.25, 0.3) is 0 Å². The third-order valence-electron chi connectivity index (χ3n) is 3.44. The fourth-order valence-electron chi connectivity index (χ4n) is 2.32. The standard InChI is InChI=1S/C15H25N3O3/c1-2-6-18-10-13(9-17-18)8-16-15(19)12-20-11-14-5-3-4-7-21-14/h9-10,14H,2-8,11-12H2,1H3,(H,16,19). The van der Waals surface area contributed by atoms with Gasteiger partial charge in [-0.2, -0.15) is 5.10 Å². The fourth-order valence-corrected chi connectivity index (χ4v) is 2.32. The molecule has 118 valence electrons. The molecule has 0 aromatic carbocycles. The van der Waals surface area contributed by atoms with Crippen LogP contribution in [0.4, 0.5) is 0 Å². The summed E-state index contributed by atoms with van der Waals surface area (Å²) in [7, 11) is 0. The minimum atomic E-state index is -0.103. The molecule has 0 aliphatic carbocycles. The van der Waals surface area contributed by atoms with Gasteiger partial charge in [-0.15, -0.1) is 0 Å². The first-order valence-electron chi connectivity index (χ1n) is 7.75. The summed E-state index contributed by atoms with van der Waals surface area (Å²) in [6, 6.07) is 0. The molecule has 1 fully saturated rings. The second kappa shape index (κ2) is 8.79. The predicted octanol–water partition coefficient (Wildman–Crippen LogP) is 1.49. The number of nitrogens with one attached hydrogen (secondary N) is 1. The van der Waals surface area contributed by atoms with E-state index < -0.39 is 0 Å². The predicted molar refractivity (Wildman–Crippen MR) is 78.8 cm³/mol. The maximum Gasteiger partial charge on any atom is 0.246 e. The molecule has 1 unspecified atom stereocenters. The number of carbonyl (C=O) groups excluding carboxylic acids is 1. The summed E-state index contributed by atoms with van der Waals surface area (Å²) < 4.78 is 12.8. The highest BCUT2D eigenvalue weighted by molar-refractivity contribution is 5.77. The summed E-state index contributed by atoms with van der Waals surface area (Å²) in [6.07, 6.45) is 8.28. The van der Waals surface area contributed by atoms with Gasteiger partial charge in [0.15, 0.2) is 0 Å². The monoisotopic (exact) mass is 295 g/mol. The Labute approximate surface area is 125 Å². The molecule has 1 saturated heterocycles. The second-order valence-electron chi connectivity index (χ2n) is 5.39. The number of aromatic nitrogens is 2. The van der Waals surface area contributed by atoms with Gasteiger partial charge in [-0.25, -0.2) is 0 Å². The lowest BCUT2D eigenvalue weighted by atomic mass is 10.1. The Bertz CT molecular complexity index is 428. The average molecular weight is 295 g/mol. The molecule has 1 aromatic heterocycles. The molecule has 1 aliphatic rings. The van der Waals surface area contributed by atoms with Crippen molar-refractivity contribution in [3.63, 3.8) is 0 Å². The molecule has 6 heteroatoms. The van der Waals surface area contributed by atoms with E-state index in [-0.39, 0.29) is 18.6 Å². The maximum atomic E-state index is 11.7. The summed E-state index contributed by atoms with van der Waals surface area (Å²) in [6.45, 7) is 4.90. The fraction of sp³-hybridized carbons (Fsp3) is 0.733. The van der Waals surface area contributed by atoms with E-state index in [1.165, 1.54) is 6.42 Å². The van der Waals surface area contributed by atoms with E-state index in [1.54, 1.807) is 6.20 Å². The van der Waals surface area contributed by atoms with Crippen LogP contribution in [0.5, 0.6) is 0 Å². The van der Waals surface area contributed by atoms with Crippen molar-refractivity contribution >= 4 is 5.91 Å². The van der Waals surface area contributed by atoms with E-state index in [9.17, 15) is 4.79 Å². The van der Waals surface area contributed by atoms with E-state index >= 15 is 0 Å². The number of amides is 1. The third kappa shape index (κ3) is 5.85. The molecule has 1 N–H and O–H groups in total. The number of nitrogens with zero attached hydrogens (tertiary/aromatic N) is 2. The number of hydrogen-bond donors (Lipinski definition) is 1. The number of ether oxygens (including phenoxy) is 2. The Kier molecular flexibility index (Phi) is 6.69. The lowest BCUT2D eigenvalue weighted by Crippen LogP contribution is -2.30. The van der Waals surface area contributed by atoms with Crippen LogP contribution in [-0.4, -0.2) is 41.6 Å². The average Bonchev–Trinajstić information content (AvgIpc) is 2.94. The van der Waals surface area contributed by atoms with Gasteiger partial charge < -0.3 is 14.8 Å². The molecule has 2 rings (SSSR count). The number of aryl methyl sites for hydroxylation is 1. The quantitative estimate of drug-likeness (QED) is 0.789. The molecule has 0 spiro atoms. The smallest absolute Gasteiger partial charge is 0.246 e. The van der Waals surface area contributed by atoms with E-state index in [2.05, 4.69) is 17.3 Å². The molecule has 2 heterocycles. The molecule has 1 aliphatic heterocycles. The highest BCUT2D eigenvalue weighted by Gasteiger charge is 2.14. The number of carbonyl (C=O) groups is 1. The summed E-state index contributed by atoms with van der Waals surface area (Å²) in [4.78, 5) is 11.7. The van der Waals surface area contributed by atoms with Crippen molar-refractivity contribution in [2.75, 3.05) is 19.8 Å². The Morgan fingerprint density at radius 1 is 1.57 bits per heavy atom. The molecule has 1 amide bonds. The molecule has 0 radical (unpaired) electrons. The second-order valence-corrected chi connectivity index (χ2v) is 5.39. The minimum absolute atomic E-state index is 0.0863. The van der Waals surface area contributed by atoms with Gasteiger partial charge in [0.25, 0.3) is 0 Å². The van der Waals surface area contributed by atoms with Crippen LogP contribution in [0, 0.1) is 0 Å². The third-order valence-corrected chi connectivity index (χ3v) is 3.44. The topological polar surface area (TPSA) is 65.4 Å². The molecular formula is C15H25N3O3. The van der Waals surface area contributed by atoms with Gasteiger partial charge in [0.1, 0.15) is 6.61 Å². The first kappa shape index (κ1) is 16.0. The lowest BCUT2D eigenvalue weighted by Gasteiger charge is -2.22. The minimum Gasteiger partial charge on any atom is -0.376 e. The highest BCUT2D eigenvalue weighted by Crippen LogP contribution is 2.12. The Morgan fingerprint density at radius 2 is 2.48 bits per heavy atom. The first-order chi connectivity index (χ1) is 10.3. The maximum absolute atomic E-state index is 11.7. The Balaban J connectivity index is 1.58. The zero-order valence-electron chi connectivity index (χ0n) is 12.7. The van der Waals surface area contributed by atoms with Crippen LogP contribution in [0.3, 0.4) is 0 Å². The molecule has 0 bridgehead atoms. The van der Waals surface area contributed by atoms with E-state index in [4.69, 9.17) is 9.47 Å². The van der Waals surface area contributed by atoms with E-state index in [0.29, 0.717) is 13.2 Å². The van der Waals surface area contributed by atoms with E-state index in [0.717, 1.165) is 38.0 Å². The van der Waals surface area contributed by atoms with Crippen LogP contribution < -0.4 is 5.32 Å². The molecule has 21 heavy (non-hydrogen) atoms. The first-order valence-corrected chi connectivity index (χ1v) is 7.75. The van der Waals surface area contributed by atoms with Crippen molar-refractivity contribution in [2.24, 2.45) is 0 Å². The molecule has 1 aromatic rings. The van der Waals surface area contributed by atoms with Gasteiger partial charge in [0.2, 0.25) is 5.91 Å². The van der Waals surface area contributed by atoms with Crippen LogP contribution in [0.15, 0.2) is 12.4 Å². The normalized spacial score (nSPS) is 18.6. The van der Waals surface area contributed by atoms with Crippen molar-refractivity contribution in [1.82, 2.24) is 15.1 Å². The number of rotatable bonds is 8. The summed E-state index contributed by atoms with van der Waals surface area (Å²) in [5.41, 5.74) is 1.01. The Morgan fingerprint density at radius 3 is 3.24 bits per heavy atom. The lowest BCUT2D eigenvalue weighted by molar-refractivity contribution is -0.128. The summed E-state index contributed by atoms with van der Waals surface area (Å²) in [5, 5.41) is 7.06. The van der Waals surface area contributed by atoms with Crippen molar-refractivity contribution in [3.8, 4) is 0 Å². The van der Waals surface area contributed by atoms with Crippen LogP contribution in [0.2, 0.25) is 0 Å². The van der Waals surface area contributed by atoms with E-state index in [1.807, 2.05) is 10.9 Å². The molecule has 0 saturated carbocycles. The van der Waals surface area contributed by atoms with Crippen LogP contribution in [-0.2, 0) is 27.4 Å². The summed E-state index contributed by atoms with van der Waals surface area (Å²) in [5.74, 6) is -0.103. The van der Waals surface area contributed by atoms with Gasteiger partial charge in [0, 0.05) is 31.5 Å². The van der Waals surface area contributed by atoms with Crippen LogP contribution >= 0.6 is 0 Å². The van der Waals surface area contributed by atoms with Crippen LogP contribution in [0.1, 0.15) is 38.2 Å². The SMILES string of the molecule is CCCn1cc(CNC(=O)COCC2CCCCO2)cn1. The Hall–Kier alpha value is -1.40. The number of hydrogen-bond acceptors (Lipinski definition) is 4. The van der Waals surface area contributed by atoms with Gasteiger partial charge >= 0.3 is 0 Å². The summed E-state index contributed by atoms with van der Waals surface area (Å²) >= 11 is 0. The highest BCUT2D eigenvalue weighted by atomic mass is 16.5. The molecule has 6 nitrogen and oxygen atoms in total. The zero-order valence-corrected chi connectivity index (χ0v) is 12.7. The molecular weight excluding hydrogens is 270 g/mol. The zero-order chi connectivity index (χ0) is 14.9. The van der Waals surface area contributed by atoms with Crippen molar-refractivity contribution in [3.05, 3.63) is 18.0 Å². The van der Waals surface area contributed by atoms with Crippen molar-refractivity contribution in [1.29, 1.82) is 0 Å². The van der Waals surface area contributed by atoms with Gasteiger partial charge in [-0.3, -0.25) is 9.48 Å². The largest absolute Gasteiger partial charge is 0.376 e. The van der Waals surface area contributed by atoms with Gasteiger partial charge in [-0.05, 0) is 25.7 Å². The van der Waals surface area contributed by atoms with Crippen molar-refractivity contribution in [2.45, 2.75) is 51.8 Å². The molecule has 1 atom stereocenters. The van der Waals surface area contributed by atoms with Gasteiger partial charge in [0.05, 0.1) is 18.9 Å². The van der Waals surface area contributed by atoms with Gasteiger partial charge in [-0.1, -0.05) is 6.92 Å². The van der Waals surface area contributed by atoms with Crippen molar-refractivity contribution < 1.29 is 14.3 Å².